The summed E-state index contributed by atoms with van der Waals surface area (Å²) in [5.41, 5.74) is -0.746. The fourth-order valence-electron chi connectivity index (χ4n) is 2.41. The summed E-state index contributed by atoms with van der Waals surface area (Å²) in [6, 6.07) is -0.334. The molecule has 2 atom stereocenters. The van der Waals surface area contributed by atoms with Gasteiger partial charge >= 0.3 is 6.03 Å². The second kappa shape index (κ2) is 4.62. The number of hydrogen-bond acceptors (Lipinski definition) is 4. The standard InChI is InChI=1S/C11H19N3O3/c1-8(6-15)5-14-9(16)11(13-10(14)17)3-2-4-12-7-11/h8,12,15H,2-7H2,1H3,(H,13,17). The van der Waals surface area contributed by atoms with Crippen LogP contribution in [-0.4, -0.2) is 53.7 Å². The lowest BCUT2D eigenvalue weighted by Gasteiger charge is -2.31. The van der Waals surface area contributed by atoms with Crippen LogP contribution in [0.3, 0.4) is 0 Å². The fourth-order valence-corrected chi connectivity index (χ4v) is 2.41. The Bertz CT molecular complexity index is 326. The van der Waals surface area contributed by atoms with Crippen molar-refractivity contribution in [1.29, 1.82) is 0 Å². The summed E-state index contributed by atoms with van der Waals surface area (Å²) in [5.74, 6) is -0.244. The largest absolute Gasteiger partial charge is 0.396 e. The second-order valence-electron chi connectivity index (χ2n) is 5.00. The van der Waals surface area contributed by atoms with Crippen LogP contribution >= 0.6 is 0 Å². The van der Waals surface area contributed by atoms with E-state index >= 15 is 0 Å². The molecule has 0 bridgehead atoms. The van der Waals surface area contributed by atoms with Gasteiger partial charge in [0.25, 0.3) is 5.91 Å². The number of imide groups is 1. The van der Waals surface area contributed by atoms with Crippen LogP contribution in [-0.2, 0) is 4.79 Å². The normalized spacial score (nSPS) is 30.8. The summed E-state index contributed by atoms with van der Waals surface area (Å²) in [6.45, 7) is 3.45. The lowest BCUT2D eigenvalue weighted by Crippen LogP contribution is -2.57. The van der Waals surface area contributed by atoms with Crippen LogP contribution in [0.4, 0.5) is 4.79 Å². The number of aliphatic hydroxyl groups is 1. The first kappa shape index (κ1) is 12.3. The molecule has 17 heavy (non-hydrogen) atoms. The van der Waals surface area contributed by atoms with Crippen molar-refractivity contribution in [1.82, 2.24) is 15.5 Å². The van der Waals surface area contributed by atoms with Gasteiger partial charge in [0.15, 0.2) is 0 Å². The molecule has 0 radical (unpaired) electrons. The SMILES string of the molecule is CC(CO)CN1C(=O)NC2(CCCNC2)C1=O. The number of urea groups is 1. The zero-order valence-electron chi connectivity index (χ0n) is 10.0. The molecule has 2 fully saturated rings. The first-order chi connectivity index (χ1) is 8.09. The number of carbonyl (C=O) groups is 2. The third-order valence-electron chi connectivity index (χ3n) is 3.44. The predicted molar refractivity (Wildman–Crippen MR) is 61.3 cm³/mol. The quantitative estimate of drug-likeness (QED) is 0.570. The van der Waals surface area contributed by atoms with Gasteiger partial charge in [-0.15, -0.1) is 0 Å². The topological polar surface area (TPSA) is 81.7 Å². The highest BCUT2D eigenvalue weighted by atomic mass is 16.3. The van der Waals surface area contributed by atoms with Crippen molar-refractivity contribution < 1.29 is 14.7 Å². The first-order valence-electron chi connectivity index (χ1n) is 6.05. The molecule has 0 saturated carbocycles. The minimum absolute atomic E-state index is 0.0255. The number of nitrogens with one attached hydrogen (secondary N) is 2. The van der Waals surface area contributed by atoms with Crippen molar-refractivity contribution in [2.75, 3.05) is 26.2 Å². The summed E-state index contributed by atoms with van der Waals surface area (Å²) < 4.78 is 0. The minimum atomic E-state index is -0.746. The Morgan fingerprint density at radius 3 is 2.88 bits per heavy atom. The van der Waals surface area contributed by atoms with E-state index in [0.717, 1.165) is 13.0 Å². The fraction of sp³-hybridized carbons (Fsp3) is 0.818. The van der Waals surface area contributed by atoms with E-state index < -0.39 is 5.54 Å². The molecule has 0 aliphatic carbocycles. The van der Waals surface area contributed by atoms with E-state index in [9.17, 15) is 9.59 Å². The average Bonchev–Trinajstić information content (AvgIpc) is 2.55. The highest BCUT2D eigenvalue weighted by Gasteiger charge is 2.51. The highest BCUT2D eigenvalue weighted by molar-refractivity contribution is 6.07. The lowest BCUT2D eigenvalue weighted by atomic mass is 9.90. The lowest BCUT2D eigenvalue weighted by molar-refractivity contribution is -0.132. The van der Waals surface area contributed by atoms with E-state index in [1.165, 1.54) is 4.90 Å². The van der Waals surface area contributed by atoms with Gasteiger partial charge in [0.1, 0.15) is 5.54 Å². The molecule has 2 aliphatic rings. The van der Waals surface area contributed by atoms with Crippen LogP contribution in [0.1, 0.15) is 19.8 Å². The minimum Gasteiger partial charge on any atom is -0.396 e. The van der Waals surface area contributed by atoms with E-state index in [1.807, 2.05) is 6.92 Å². The monoisotopic (exact) mass is 241 g/mol. The molecule has 2 unspecified atom stereocenters. The summed E-state index contributed by atoms with van der Waals surface area (Å²) in [7, 11) is 0. The van der Waals surface area contributed by atoms with Gasteiger partial charge in [0, 0.05) is 19.7 Å². The van der Waals surface area contributed by atoms with Crippen molar-refractivity contribution in [3.05, 3.63) is 0 Å². The molecule has 2 aliphatic heterocycles. The third-order valence-corrected chi connectivity index (χ3v) is 3.44. The molecule has 0 aromatic carbocycles. The van der Waals surface area contributed by atoms with Crippen molar-refractivity contribution in [3.8, 4) is 0 Å². The Kier molecular flexibility index (Phi) is 3.35. The molecule has 2 rings (SSSR count). The second-order valence-corrected chi connectivity index (χ2v) is 5.00. The third kappa shape index (κ3) is 2.14. The maximum Gasteiger partial charge on any atom is 0.325 e. The summed E-state index contributed by atoms with van der Waals surface area (Å²) in [6.07, 6.45) is 1.57. The number of carbonyl (C=O) groups excluding carboxylic acids is 2. The zero-order chi connectivity index (χ0) is 12.5. The van der Waals surface area contributed by atoms with Crippen molar-refractivity contribution >= 4 is 11.9 Å². The van der Waals surface area contributed by atoms with Gasteiger partial charge in [-0.25, -0.2) is 4.79 Å². The number of nitrogens with zero attached hydrogens (tertiary/aromatic N) is 1. The summed E-state index contributed by atoms with van der Waals surface area (Å²) in [4.78, 5) is 25.3. The Morgan fingerprint density at radius 2 is 2.29 bits per heavy atom. The number of rotatable bonds is 3. The predicted octanol–water partition coefficient (Wildman–Crippen LogP) is -0.711. The molecule has 2 heterocycles. The summed E-state index contributed by atoms with van der Waals surface area (Å²) in [5, 5.41) is 14.9. The van der Waals surface area contributed by atoms with Gasteiger partial charge in [-0.2, -0.15) is 0 Å². The number of amides is 3. The van der Waals surface area contributed by atoms with Crippen LogP contribution < -0.4 is 10.6 Å². The maximum absolute atomic E-state index is 12.3. The van der Waals surface area contributed by atoms with Gasteiger partial charge in [-0.1, -0.05) is 6.92 Å². The Labute approximate surface area is 100 Å². The van der Waals surface area contributed by atoms with Crippen LogP contribution in [0.2, 0.25) is 0 Å². The smallest absolute Gasteiger partial charge is 0.325 e. The van der Waals surface area contributed by atoms with E-state index in [2.05, 4.69) is 10.6 Å². The first-order valence-corrected chi connectivity index (χ1v) is 6.05. The molecule has 96 valence electrons. The molecule has 6 heteroatoms. The van der Waals surface area contributed by atoms with Gasteiger partial charge < -0.3 is 15.7 Å². The zero-order valence-corrected chi connectivity index (χ0v) is 10.0. The van der Waals surface area contributed by atoms with Gasteiger partial charge in [-0.3, -0.25) is 9.69 Å². The number of aliphatic hydroxyl groups excluding tert-OH is 1. The Balaban J connectivity index is 2.10. The maximum atomic E-state index is 12.3. The van der Waals surface area contributed by atoms with Gasteiger partial charge in [0.2, 0.25) is 0 Å². The van der Waals surface area contributed by atoms with Crippen molar-refractivity contribution in [2.24, 2.45) is 5.92 Å². The van der Waals surface area contributed by atoms with Crippen LogP contribution in [0, 0.1) is 5.92 Å². The molecule has 1 spiro atoms. The van der Waals surface area contributed by atoms with E-state index in [-0.39, 0.29) is 31.0 Å². The Morgan fingerprint density at radius 1 is 1.53 bits per heavy atom. The molecule has 6 nitrogen and oxygen atoms in total. The van der Waals surface area contributed by atoms with E-state index in [1.54, 1.807) is 0 Å². The Hall–Kier alpha value is -1.14. The van der Waals surface area contributed by atoms with Crippen LogP contribution in [0.5, 0.6) is 0 Å². The van der Waals surface area contributed by atoms with Gasteiger partial charge in [-0.05, 0) is 25.3 Å². The van der Waals surface area contributed by atoms with Crippen LogP contribution in [0.25, 0.3) is 0 Å². The molecular weight excluding hydrogens is 222 g/mol. The molecule has 3 amide bonds. The molecular formula is C11H19N3O3. The molecule has 0 aromatic heterocycles. The number of piperidine rings is 1. The molecule has 3 N–H and O–H groups in total. The average molecular weight is 241 g/mol. The van der Waals surface area contributed by atoms with Crippen molar-refractivity contribution in [3.63, 3.8) is 0 Å². The number of hydrogen-bond donors (Lipinski definition) is 3. The van der Waals surface area contributed by atoms with E-state index in [0.29, 0.717) is 13.0 Å². The van der Waals surface area contributed by atoms with Crippen LogP contribution in [0.15, 0.2) is 0 Å². The van der Waals surface area contributed by atoms with Gasteiger partial charge in [0.05, 0.1) is 0 Å². The molecule has 2 saturated heterocycles. The highest BCUT2D eigenvalue weighted by Crippen LogP contribution is 2.25. The van der Waals surface area contributed by atoms with Crippen molar-refractivity contribution in [2.45, 2.75) is 25.3 Å². The molecule has 0 aromatic rings. The van der Waals surface area contributed by atoms with E-state index in [4.69, 9.17) is 5.11 Å². The summed E-state index contributed by atoms with van der Waals surface area (Å²) >= 11 is 0.